The lowest BCUT2D eigenvalue weighted by molar-refractivity contribution is -0.117. The number of hydrogen-bond donors (Lipinski definition) is 1. The van der Waals surface area contributed by atoms with Gasteiger partial charge in [-0.15, -0.1) is 22.9 Å². The van der Waals surface area contributed by atoms with Crippen molar-refractivity contribution in [1.29, 1.82) is 0 Å². The number of hydrogen-bond acceptors (Lipinski definition) is 5. The number of likely N-dealkylation sites (tertiary alicyclic amines) is 1. The smallest absolute Gasteiger partial charge is 0.282 e. The minimum atomic E-state index is -0.0723. The molecule has 0 bridgehead atoms. The Morgan fingerprint density at radius 3 is 2.74 bits per heavy atom. The van der Waals surface area contributed by atoms with Crippen LogP contribution in [0.25, 0.3) is 16.9 Å². The molecule has 9 heteroatoms. The topological polar surface area (TPSA) is 79.6 Å². The van der Waals surface area contributed by atoms with Crippen LogP contribution >= 0.6 is 22.9 Å². The normalized spacial score (nSPS) is 17.1. The highest BCUT2D eigenvalue weighted by Crippen LogP contribution is 2.30. The highest BCUT2D eigenvalue weighted by molar-refractivity contribution is 7.12. The molecule has 0 atom stereocenters. The molecule has 1 N–H and O–H groups in total. The summed E-state index contributed by atoms with van der Waals surface area (Å²) < 4.78 is 1.85. The van der Waals surface area contributed by atoms with E-state index in [9.17, 15) is 9.59 Å². The van der Waals surface area contributed by atoms with Crippen molar-refractivity contribution >= 4 is 46.2 Å². The third-order valence-corrected chi connectivity index (χ3v) is 5.86. The van der Waals surface area contributed by atoms with E-state index in [0.717, 1.165) is 29.7 Å². The minimum absolute atomic E-state index is 0.0338. The maximum atomic E-state index is 12.4. The zero-order valence-electron chi connectivity index (χ0n) is 14.3. The summed E-state index contributed by atoms with van der Waals surface area (Å²) in [6, 6.07) is 3.78. The molecule has 0 spiro atoms. The molecule has 7 nitrogen and oxygen atoms in total. The molecule has 2 amide bonds. The quantitative estimate of drug-likeness (QED) is 0.682. The molecular weight excluding hydrogens is 386 g/mol. The first kappa shape index (κ1) is 16.7. The number of carbonyl (C=O) groups is 2. The number of rotatable bonds is 4. The number of halogens is 1. The van der Waals surface area contributed by atoms with Gasteiger partial charge in [-0.1, -0.05) is 0 Å². The van der Waals surface area contributed by atoms with Crippen molar-refractivity contribution in [3.63, 3.8) is 0 Å². The zero-order valence-corrected chi connectivity index (χ0v) is 15.8. The Hall–Kier alpha value is -2.45. The Morgan fingerprint density at radius 1 is 1.19 bits per heavy atom. The number of nitrogens with one attached hydrogen (secondary N) is 1. The van der Waals surface area contributed by atoms with Crippen LogP contribution in [0, 0.1) is 5.92 Å². The molecule has 0 aromatic carbocycles. The standard InChI is InChI=1S/C18H16ClN5O2S/c19-12-6-24(7-12)18(26)17-20-13(9-27-17)11-3-4-15-21-14(8-23(15)5-11)22-16(25)10-1-2-10/h3-5,8-10,12H,1-2,6-7H2,(H,22,25). The van der Waals surface area contributed by atoms with Gasteiger partial charge in [-0.25, -0.2) is 9.97 Å². The molecule has 4 heterocycles. The zero-order chi connectivity index (χ0) is 18.5. The minimum Gasteiger partial charge on any atom is -0.333 e. The van der Waals surface area contributed by atoms with E-state index in [0.29, 0.717) is 23.9 Å². The molecule has 27 heavy (non-hydrogen) atoms. The van der Waals surface area contributed by atoms with Gasteiger partial charge in [0.1, 0.15) is 5.65 Å². The number of amides is 2. The van der Waals surface area contributed by atoms with E-state index in [1.807, 2.05) is 28.1 Å². The van der Waals surface area contributed by atoms with Crippen LogP contribution in [-0.4, -0.2) is 49.5 Å². The number of aromatic nitrogens is 3. The number of carbonyl (C=O) groups excluding carboxylic acids is 2. The number of nitrogens with zero attached hydrogens (tertiary/aromatic N) is 4. The van der Waals surface area contributed by atoms with E-state index in [1.165, 1.54) is 11.3 Å². The molecule has 1 aliphatic heterocycles. The van der Waals surface area contributed by atoms with Gasteiger partial charge in [-0.05, 0) is 25.0 Å². The number of alkyl halides is 1. The van der Waals surface area contributed by atoms with Gasteiger partial charge in [-0.3, -0.25) is 9.59 Å². The van der Waals surface area contributed by atoms with E-state index in [-0.39, 0.29) is 23.1 Å². The number of imidazole rings is 1. The molecule has 1 aliphatic carbocycles. The first-order chi connectivity index (χ1) is 13.1. The Labute approximate surface area is 164 Å². The predicted molar refractivity (Wildman–Crippen MR) is 103 cm³/mol. The molecule has 5 rings (SSSR count). The van der Waals surface area contributed by atoms with E-state index >= 15 is 0 Å². The number of fused-ring (bicyclic) bond motifs is 1. The second-order valence-corrected chi connectivity index (χ2v) is 8.39. The Bertz CT molecular complexity index is 1050. The fraction of sp³-hybridized carbons (Fsp3) is 0.333. The highest BCUT2D eigenvalue weighted by atomic mass is 35.5. The molecular formula is C18H16ClN5O2S. The summed E-state index contributed by atoms with van der Waals surface area (Å²) in [6.07, 6.45) is 5.60. The van der Waals surface area contributed by atoms with Crippen LogP contribution in [-0.2, 0) is 4.79 Å². The van der Waals surface area contributed by atoms with Crippen LogP contribution in [0.1, 0.15) is 22.6 Å². The highest BCUT2D eigenvalue weighted by Gasteiger charge is 2.31. The Kier molecular flexibility index (Phi) is 3.91. The van der Waals surface area contributed by atoms with Crippen molar-refractivity contribution < 1.29 is 9.59 Å². The first-order valence-corrected chi connectivity index (χ1v) is 10.1. The summed E-state index contributed by atoms with van der Waals surface area (Å²) >= 11 is 7.27. The van der Waals surface area contributed by atoms with Crippen molar-refractivity contribution in [3.8, 4) is 11.3 Å². The van der Waals surface area contributed by atoms with Crippen LogP contribution in [0.2, 0.25) is 0 Å². The maximum Gasteiger partial charge on any atom is 0.282 e. The number of pyridine rings is 1. The number of anilines is 1. The van der Waals surface area contributed by atoms with Crippen molar-refractivity contribution in [2.75, 3.05) is 18.4 Å². The average molecular weight is 402 g/mol. The molecule has 1 saturated carbocycles. The summed E-state index contributed by atoms with van der Waals surface area (Å²) in [4.78, 5) is 34.9. The Morgan fingerprint density at radius 2 is 2.00 bits per heavy atom. The summed E-state index contributed by atoms with van der Waals surface area (Å²) in [5.74, 6) is 0.645. The van der Waals surface area contributed by atoms with Gasteiger partial charge in [0, 0.05) is 36.1 Å². The van der Waals surface area contributed by atoms with Gasteiger partial charge in [0.05, 0.1) is 17.3 Å². The predicted octanol–water partition coefficient (Wildman–Crippen LogP) is 2.87. The van der Waals surface area contributed by atoms with Crippen LogP contribution < -0.4 is 5.32 Å². The lowest BCUT2D eigenvalue weighted by Gasteiger charge is -2.34. The van der Waals surface area contributed by atoms with Gasteiger partial charge in [0.15, 0.2) is 10.8 Å². The van der Waals surface area contributed by atoms with E-state index < -0.39 is 0 Å². The molecule has 0 radical (unpaired) electrons. The summed E-state index contributed by atoms with van der Waals surface area (Å²) in [5, 5.41) is 5.25. The molecule has 3 aromatic rings. The first-order valence-electron chi connectivity index (χ1n) is 8.76. The van der Waals surface area contributed by atoms with E-state index in [4.69, 9.17) is 11.6 Å². The molecule has 0 unspecified atom stereocenters. The summed E-state index contributed by atoms with van der Waals surface area (Å²) in [5.41, 5.74) is 2.37. The number of thiazole rings is 1. The molecule has 3 aromatic heterocycles. The summed E-state index contributed by atoms with van der Waals surface area (Å²) in [7, 11) is 0. The largest absolute Gasteiger partial charge is 0.333 e. The second-order valence-electron chi connectivity index (χ2n) is 6.92. The van der Waals surface area contributed by atoms with Crippen LogP contribution in [0.3, 0.4) is 0 Å². The Balaban J connectivity index is 1.37. The van der Waals surface area contributed by atoms with Crippen molar-refractivity contribution in [2.24, 2.45) is 5.92 Å². The van der Waals surface area contributed by atoms with Gasteiger partial charge in [0.25, 0.3) is 5.91 Å². The van der Waals surface area contributed by atoms with Gasteiger partial charge in [-0.2, -0.15) is 0 Å². The average Bonchev–Trinajstić information content (AvgIpc) is 3.23. The van der Waals surface area contributed by atoms with Gasteiger partial charge in [0.2, 0.25) is 5.91 Å². The fourth-order valence-electron chi connectivity index (χ4n) is 3.01. The lowest BCUT2D eigenvalue weighted by Crippen LogP contribution is -2.50. The molecule has 2 aliphatic rings. The van der Waals surface area contributed by atoms with E-state index in [2.05, 4.69) is 15.3 Å². The van der Waals surface area contributed by atoms with Crippen molar-refractivity contribution in [1.82, 2.24) is 19.3 Å². The van der Waals surface area contributed by atoms with Crippen molar-refractivity contribution in [2.45, 2.75) is 18.2 Å². The molecule has 138 valence electrons. The van der Waals surface area contributed by atoms with Gasteiger partial charge >= 0.3 is 0 Å². The SMILES string of the molecule is O=C(Nc1cn2cc(-c3csc(C(=O)N4CC(Cl)C4)n3)ccc2n1)C1CC1. The lowest BCUT2D eigenvalue weighted by atomic mass is 10.2. The third kappa shape index (κ3) is 3.19. The van der Waals surface area contributed by atoms with Crippen LogP contribution in [0.4, 0.5) is 5.82 Å². The monoisotopic (exact) mass is 401 g/mol. The molecule has 1 saturated heterocycles. The second kappa shape index (κ2) is 6.31. The molecule has 2 fully saturated rings. The van der Waals surface area contributed by atoms with E-state index in [1.54, 1.807) is 11.1 Å². The summed E-state index contributed by atoms with van der Waals surface area (Å²) in [6.45, 7) is 1.15. The fourth-order valence-corrected chi connectivity index (χ4v) is 4.13. The van der Waals surface area contributed by atoms with Crippen molar-refractivity contribution in [3.05, 3.63) is 34.9 Å². The van der Waals surface area contributed by atoms with Crippen LogP contribution in [0.5, 0.6) is 0 Å². The maximum absolute atomic E-state index is 12.4. The van der Waals surface area contributed by atoms with Gasteiger partial charge < -0.3 is 14.6 Å². The van der Waals surface area contributed by atoms with Crippen LogP contribution in [0.15, 0.2) is 29.9 Å². The third-order valence-electron chi connectivity index (χ3n) is 4.76.